The molecule has 1 heterocycles. The molecule has 0 unspecified atom stereocenters. The molecule has 8 heteroatoms. The lowest BCUT2D eigenvalue weighted by atomic mass is 10.2. The third-order valence-corrected chi connectivity index (χ3v) is 3.99. The summed E-state index contributed by atoms with van der Waals surface area (Å²) in [5.41, 5.74) is 1.85. The summed E-state index contributed by atoms with van der Waals surface area (Å²) in [5.74, 6) is 0.726. The first-order chi connectivity index (χ1) is 14.1. The summed E-state index contributed by atoms with van der Waals surface area (Å²) in [6, 6.07) is 14.8. The van der Waals surface area contributed by atoms with E-state index in [1.165, 1.54) is 20.4 Å². The Labute approximate surface area is 167 Å². The molecule has 3 aromatic rings. The molecule has 0 radical (unpaired) electrons. The van der Waals surface area contributed by atoms with E-state index in [1.54, 1.807) is 60.8 Å². The number of amides is 3. The maximum Gasteiger partial charge on any atom is 0.323 e. The first kappa shape index (κ1) is 19.7. The maximum absolute atomic E-state index is 12.4. The summed E-state index contributed by atoms with van der Waals surface area (Å²) in [7, 11) is 3.05. The quantitative estimate of drug-likeness (QED) is 0.589. The number of hydrogen-bond acceptors (Lipinski definition) is 5. The van der Waals surface area contributed by atoms with Crippen LogP contribution in [0.15, 0.2) is 67.0 Å². The van der Waals surface area contributed by atoms with E-state index in [4.69, 9.17) is 9.47 Å². The highest BCUT2D eigenvalue weighted by Crippen LogP contribution is 2.30. The van der Waals surface area contributed by atoms with Crippen LogP contribution in [0.3, 0.4) is 0 Å². The van der Waals surface area contributed by atoms with Crippen LogP contribution in [-0.4, -0.2) is 31.1 Å². The van der Waals surface area contributed by atoms with Crippen molar-refractivity contribution in [1.82, 2.24) is 4.98 Å². The Morgan fingerprint density at radius 3 is 2.21 bits per heavy atom. The second kappa shape index (κ2) is 9.23. The second-order valence-corrected chi connectivity index (χ2v) is 5.89. The van der Waals surface area contributed by atoms with E-state index >= 15 is 0 Å². The van der Waals surface area contributed by atoms with Crippen molar-refractivity contribution < 1.29 is 19.1 Å². The average Bonchev–Trinajstić information content (AvgIpc) is 2.75. The predicted octanol–water partition coefficient (Wildman–Crippen LogP) is 4.00. The fourth-order valence-corrected chi connectivity index (χ4v) is 2.59. The fourth-order valence-electron chi connectivity index (χ4n) is 2.59. The molecule has 8 nitrogen and oxygen atoms in total. The summed E-state index contributed by atoms with van der Waals surface area (Å²) in [5, 5.41) is 8.22. The molecule has 0 bridgehead atoms. The van der Waals surface area contributed by atoms with Crippen LogP contribution in [0.2, 0.25) is 0 Å². The van der Waals surface area contributed by atoms with E-state index in [1.807, 2.05) is 0 Å². The van der Waals surface area contributed by atoms with Gasteiger partial charge in [-0.3, -0.25) is 9.78 Å². The molecule has 0 saturated heterocycles. The van der Waals surface area contributed by atoms with Gasteiger partial charge in [0, 0.05) is 24.1 Å². The molecular formula is C21H20N4O4. The molecule has 148 valence electrons. The van der Waals surface area contributed by atoms with Crippen molar-refractivity contribution in [2.75, 3.05) is 30.2 Å². The molecule has 2 aromatic carbocycles. The van der Waals surface area contributed by atoms with Crippen LogP contribution >= 0.6 is 0 Å². The van der Waals surface area contributed by atoms with Gasteiger partial charge in [0.2, 0.25) is 0 Å². The van der Waals surface area contributed by atoms with Gasteiger partial charge >= 0.3 is 6.03 Å². The number of urea groups is 1. The first-order valence-electron chi connectivity index (χ1n) is 8.71. The topological polar surface area (TPSA) is 102 Å². The highest BCUT2D eigenvalue weighted by molar-refractivity contribution is 6.08. The van der Waals surface area contributed by atoms with E-state index < -0.39 is 6.03 Å². The molecule has 0 fully saturated rings. The van der Waals surface area contributed by atoms with Crippen LogP contribution in [0, 0.1) is 0 Å². The second-order valence-electron chi connectivity index (χ2n) is 5.89. The number of nitrogens with zero attached hydrogens (tertiary/aromatic N) is 1. The Bertz CT molecular complexity index is 1010. The molecule has 0 aliphatic heterocycles. The van der Waals surface area contributed by atoms with Gasteiger partial charge in [0.1, 0.15) is 0 Å². The molecule has 0 atom stereocenters. The van der Waals surface area contributed by atoms with Crippen molar-refractivity contribution in [3.05, 3.63) is 72.6 Å². The standard InChI is InChI=1S/C21H20N4O4/c1-28-18-10-9-15(12-19(18)29-2)23-21(27)25-17-8-4-3-7-16(17)24-20(26)14-6-5-11-22-13-14/h3-13H,1-2H3,(H,24,26)(H2,23,25,27). The number of carbonyl (C=O) groups excluding carboxylic acids is 2. The van der Waals surface area contributed by atoms with Crippen molar-refractivity contribution >= 4 is 29.0 Å². The smallest absolute Gasteiger partial charge is 0.323 e. The Balaban J connectivity index is 1.70. The van der Waals surface area contributed by atoms with Gasteiger partial charge in [-0.25, -0.2) is 4.79 Å². The number of benzene rings is 2. The van der Waals surface area contributed by atoms with Gasteiger partial charge in [0.25, 0.3) is 5.91 Å². The zero-order chi connectivity index (χ0) is 20.6. The molecule has 1 aromatic heterocycles. The predicted molar refractivity (Wildman–Crippen MR) is 111 cm³/mol. The van der Waals surface area contributed by atoms with E-state index in [-0.39, 0.29) is 5.91 Å². The SMILES string of the molecule is COc1ccc(NC(=O)Nc2ccccc2NC(=O)c2cccnc2)cc1OC. The number of carbonyl (C=O) groups is 2. The summed E-state index contributed by atoms with van der Waals surface area (Å²) >= 11 is 0. The summed E-state index contributed by atoms with van der Waals surface area (Å²) in [6.07, 6.45) is 3.06. The number of ether oxygens (including phenoxy) is 2. The molecule has 0 spiro atoms. The Kier molecular flexibility index (Phi) is 6.26. The van der Waals surface area contributed by atoms with Crippen molar-refractivity contribution in [2.24, 2.45) is 0 Å². The minimum atomic E-state index is -0.472. The molecule has 0 aliphatic carbocycles. The number of methoxy groups -OCH3 is 2. The van der Waals surface area contributed by atoms with Crippen LogP contribution in [0.5, 0.6) is 11.5 Å². The number of hydrogen-bond donors (Lipinski definition) is 3. The van der Waals surface area contributed by atoms with Crippen LogP contribution in [-0.2, 0) is 0 Å². The summed E-state index contributed by atoms with van der Waals surface area (Å²) in [4.78, 5) is 28.7. The first-order valence-corrected chi connectivity index (χ1v) is 8.71. The number of aromatic nitrogens is 1. The van der Waals surface area contributed by atoms with Gasteiger partial charge < -0.3 is 25.4 Å². The Hall–Kier alpha value is -4.07. The third-order valence-electron chi connectivity index (χ3n) is 3.99. The van der Waals surface area contributed by atoms with E-state index in [0.717, 1.165) is 0 Å². The van der Waals surface area contributed by atoms with Gasteiger partial charge in [0.15, 0.2) is 11.5 Å². The highest BCUT2D eigenvalue weighted by atomic mass is 16.5. The number of rotatable bonds is 6. The average molecular weight is 392 g/mol. The van der Waals surface area contributed by atoms with Crippen LogP contribution in [0.1, 0.15) is 10.4 Å². The molecule has 3 N–H and O–H groups in total. The highest BCUT2D eigenvalue weighted by Gasteiger charge is 2.12. The van der Waals surface area contributed by atoms with Crippen molar-refractivity contribution in [3.63, 3.8) is 0 Å². The molecule has 0 aliphatic rings. The van der Waals surface area contributed by atoms with Gasteiger partial charge in [-0.15, -0.1) is 0 Å². The largest absolute Gasteiger partial charge is 0.493 e. The monoisotopic (exact) mass is 392 g/mol. The lowest BCUT2D eigenvalue weighted by Crippen LogP contribution is -2.21. The Morgan fingerprint density at radius 2 is 1.55 bits per heavy atom. The zero-order valence-corrected chi connectivity index (χ0v) is 15.9. The van der Waals surface area contributed by atoms with E-state index in [0.29, 0.717) is 34.1 Å². The normalized spacial score (nSPS) is 10.0. The number of nitrogens with one attached hydrogen (secondary N) is 3. The number of para-hydroxylation sites is 2. The zero-order valence-electron chi connectivity index (χ0n) is 15.9. The lowest BCUT2D eigenvalue weighted by Gasteiger charge is -2.14. The molecule has 3 rings (SSSR count). The Morgan fingerprint density at radius 1 is 0.828 bits per heavy atom. The van der Waals surface area contributed by atoms with Gasteiger partial charge in [0.05, 0.1) is 31.2 Å². The maximum atomic E-state index is 12.4. The van der Waals surface area contributed by atoms with E-state index in [9.17, 15) is 9.59 Å². The number of pyridine rings is 1. The molecule has 3 amide bonds. The minimum absolute atomic E-state index is 0.326. The summed E-state index contributed by atoms with van der Waals surface area (Å²) in [6.45, 7) is 0. The van der Waals surface area contributed by atoms with Crippen molar-refractivity contribution in [3.8, 4) is 11.5 Å². The van der Waals surface area contributed by atoms with Crippen LogP contribution in [0.4, 0.5) is 21.9 Å². The minimum Gasteiger partial charge on any atom is -0.493 e. The third kappa shape index (κ3) is 5.01. The van der Waals surface area contributed by atoms with Crippen molar-refractivity contribution in [2.45, 2.75) is 0 Å². The van der Waals surface area contributed by atoms with Crippen LogP contribution < -0.4 is 25.4 Å². The van der Waals surface area contributed by atoms with Crippen LogP contribution in [0.25, 0.3) is 0 Å². The number of anilines is 3. The molecular weight excluding hydrogens is 372 g/mol. The molecule has 29 heavy (non-hydrogen) atoms. The molecule has 0 saturated carbocycles. The van der Waals surface area contributed by atoms with Gasteiger partial charge in [-0.05, 0) is 36.4 Å². The summed E-state index contributed by atoms with van der Waals surface area (Å²) < 4.78 is 10.4. The fraction of sp³-hybridized carbons (Fsp3) is 0.0952. The van der Waals surface area contributed by atoms with E-state index in [2.05, 4.69) is 20.9 Å². The van der Waals surface area contributed by atoms with Gasteiger partial charge in [-0.1, -0.05) is 12.1 Å². The van der Waals surface area contributed by atoms with Gasteiger partial charge in [-0.2, -0.15) is 0 Å². The lowest BCUT2D eigenvalue weighted by molar-refractivity contribution is 0.102. The van der Waals surface area contributed by atoms with Crippen molar-refractivity contribution in [1.29, 1.82) is 0 Å².